The Balaban J connectivity index is 2.07. The second-order valence-electron chi connectivity index (χ2n) is 4.88. The molecule has 1 aromatic heterocycles. The Morgan fingerprint density at radius 1 is 1.32 bits per heavy atom. The van der Waals surface area contributed by atoms with E-state index in [0.29, 0.717) is 11.3 Å². The molecule has 0 atom stereocenters. The van der Waals surface area contributed by atoms with E-state index < -0.39 is 17.7 Å². The summed E-state index contributed by atoms with van der Waals surface area (Å²) in [6, 6.07) is 7.21. The molecule has 0 aliphatic heterocycles. The lowest BCUT2D eigenvalue weighted by atomic mass is 10.2. The van der Waals surface area contributed by atoms with Crippen molar-refractivity contribution < 1.29 is 23.5 Å². The number of esters is 1. The Kier molecular flexibility index (Phi) is 6.08. The van der Waals surface area contributed by atoms with E-state index in [0.717, 1.165) is 11.3 Å². The van der Waals surface area contributed by atoms with Crippen LogP contribution in [0, 0.1) is 24.1 Å². The maximum absolute atomic E-state index is 12.8. The second-order valence-corrected chi connectivity index (χ2v) is 5.90. The van der Waals surface area contributed by atoms with Gasteiger partial charge in [0.2, 0.25) is 0 Å². The number of hydrogen-bond donors (Lipinski definition) is 1. The molecule has 2 rings (SSSR count). The Bertz CT molecular complexity index is 824. The summed E-state index contributed by atoms with van der Waals surface area (Å²) < 4.78 is 23.0. The first kappa shape index (κ1) is 18.4. The lowest BCUT2D eigenvalue weighted by molar-refractivity contribution is -0.118. The summed E-state index contributed by atoms with van der Waals surface area (Å²) in [6.45, 7) is 3.20. The molecule has 0 aliphatic carbocycles. The number of amides is 1. The fraction of sp³-hybridized carbons (Fsp3) is 0.235. The summed E-state index contributed by atoms with van der Waals surface area (Å²) in [4.78, 5) is 24.2. The first-order valence-electron chi connectivity index (χ1n) is 7.35. The minimum Gasteiger partial charge on any atom is -0.484 e. The molecule has 6 nitrogen and oxygen atoms in total. The molecular weight excluding hydrogens is 347 g/mol. The van der Waals surface area contributed by atoms with Crippen LogP contribution in [0.5, 0.6) is 5.75 Å². The van der Waals surface area contributed by atoms with Crippen LogP contribution in [0.25, 0.3) is 0 Å². The number of thiophene rings is 1. The van der Waals surface area contributed by atoms with Gasteiger partial charge in [0.15, 0.2) is 6.61 Å². The van der Waals surface area contributed by atoms with Gasteiger partial charge in [-0.05, 0) is 43.7 Å². The minimum atomic E-state index is -0.537. The fourth-order valence-electron chi connectivity index (χ4n) is 1.97. The predicted octanol–water partition coefficient (Wildman–Crippen LogP) is 3.26. The van der Waals surface area contributed by atoms with Gasteiger partial charge in [-0.1, -0.05) is 0 Å². The number of carbonyl (C=O) groups is 2. The van der Waals surface area contributed by atoms with Crippen molar-refractivity contribution in [3.8, 4) is 11.8 Å². The van der Waals surface area contributed by atoms with Gasteiger partial charge in [-0.25, -0.2) is 9.18 Å². The quantitative estimate of drug-likeness (QED) is 0.797. The number of ether oxygens (including phenoxy) is 2. The number of nitriles is 1. The molecule has 130 valence electrons. The average Bonchev–Trinajstić information content (AvgIpc) is 2.90. The fourth-order valence-corrected chi connectivity index (χ4v) is 3.04. The van der Waals surface area contributed by atoms with E-state index in [1.165, 1.54) is 24.3 Å². The van der Waals surface area contributed by atoms with Crippen molar-refractivity contribution in [2.24, 2.45) is 0 Å². The van der Waals surface area contributed by atoms with Crippen molar-refractivity contribution in [2.75, 3.05) is 18.5 Å². The summed E-state index contributed by atoms with van der Waals surface area (Å²) in [5.74, 6) is -1.11. The van der Waals surface area contributed by atoms with E-state index in [1.54, 1.807) is 13.8 Å². The van der Waals surface area contributed by atoms with Gasteiger partial charge in [-0.3, -0.25) is 4.79 Å². The first-order valence-corrected chi connectivity index (χ1v) is 8.16. The normalized spacial score (nSPS) is 10.0. The van der Waals surface area contributed by atoms with Gasteiger partial charge in [-0.2, -0.15) is 5.26 Å². The monoisotopic (exact) mass is 362 g/mol. The summed E-state index contributed by atoms with van der Waals surface area (Å²) in [6.07, 6.45) is 0. The molecule has 0 spiro atoms. The second kappa shape index (κ2) is 8.26. The molecule has 0 aliphatic rings. The topological polar surface area (TPSA) is 88.4 Å². The maximum Gasteiger partial charge on any atom is 0.348 e. The molecule has 0 fully saturated rings. The lowest BCUT2D eigenvalue weighted by Crippen LogP contribution is -2.20. The smallest absolute Gasteiger partial charge is 0.348 e. The number of benzene rings is 1. The maximum atomic E-state index is 12.8. The number of hydrogen-bond acceptors (Lipinski definition) is 6. The van der Waals surface area contributed by atoms with E-state index in [1.807, 2.05) is 6.07 Å². The zero-order valence-electron chi connectivity index (χ0n) is 13.6. The number of anilines is 1. The molecular formula is C17H15FN2O4S. The van der Waals surface area contributed by atoms with Gasteiger partial charge < -0.3 is 14.8 Å². The number of halogens is 1. The molecule has 0 bridgehead atoms. The zero-order valence-corrected chi connectivity index (χ0v) is 14.4. The highest BCUT2D eigenvalue weighted by Gasteiger charge is 2.22. The standard InChI is InChI=1S/C17H15FN2O4S/c1-3-23-17(22)15-10(2)13(8-19)16(25-15)20-14(21)9-24-12-6-4-11(18)5-7-12/h4-7H,3,9H2,1-2H3,(H,20,21). The number of rotatable bonds is 6. The van der Waals surface area contributed by atoms with Crippen LogP contribution >= 0.6 is 11.3 Å². The molecule has 1 amide bonds. The summed E-state index contributed by atoms with van der Waals surface area (Å²) in [7, 11) is 0. The van der Waals surface area contributed by atoms with Gasteiger partial charge in [0.1, 0.15) is 27.5 Å². The third kappa shape index (κ3) is 4.55. The zero-order chi connectivity index (χ0) is 18.4. The van der Waals surface area contributed by atoms with Crippen molar-refractivity contribution in [3.63, 3.8) is 0 Å². The molecule has 8 heteroatoms. The lowest BCUT2D eigenvalue weighted by Gasteiger charge is -2.06. The molecule has 1 heterocycles. The average molecular weight is 362 g/mol. The Hall–Kier alpha value is -2.92. The van der Waals surface area contributed by atoms with Crippen molar-refractivity contribution in [1.29, 1.82) is 5.26 Å². The van der Waals surface area contributed by atoms with Crippen molar-refractivity contribution in [3.05, 3.63) is 46.1 Å². The van der Waals surface area contributed by atoms with Crippen molar-refractivity contribution in [1.82, 2.24) is 0 Å². The van der Waals surface area contributed by atoms with Crippen LogP contribution in [0.3, 0.4) is 0 Å². The van der Waals surface area contributed by atoms with Gasteiger partial charge >= 0.3 is 5.97 Å². The van der Waals surface area contributed by atoms with Crippen molar-refractivity contribution in [2.45, 2.75) is 13.8 Å². The van der Waals surface area contributed by atoms with Crippen LogP contribution in [0.2, 0.25) is 0 Å². The van der Waals surface area contributed by atoms with Crippen molar-refractivity contribution >= 4 is 28.2 Å². The van der Waals surface area contributed by atoms with Crippen LogP contribution in [0.1, 0.15) is 27.7 Å². The van der Waals surface area contributed by atoms with Gasteiger partial charge in [0, 0.05) is 0 Å². The highest BCUT2D eigenvalue weighted by atomic mass is 32.1. The molecule has 0 saturated heterocycles. The van der Waals surface area contributed by atoms with Crippen LogP contribution in [0.4, 0.5) is 9.39 Å². The van der Waals surface area contributed by atoms with E-state index in [-0.39, 0.29) is 28.7 Å². The number of nitrogens with one attached hydrogen (secondary N) is 1. The van der Waals surface area contributed by atoms with Gasteiger partial charge in [0.05, 0.1) is 12.2 Å². The number of carbonyl (C=O) groups excluding carboxylic acids is 2. The van der Waals surface area contributed by atoms with Crippen LogP contribution in [-0.4, -0.2) is 25.1 Å². The van der Waals surface area contributed by atoms with E-state index >= 15 is 0 Å². The molecule has 2 aromatic rings. The highest BCUT2D eigenvalue weighted by Crippen LogP contribution is 2.33. The van der Waals surface area contributed by atoms with Gasteiger partial charge in [0.25, 0.3) is 5.91 Å². The van der Waals surface area contributed by atoms with E-state index in [9.17, 15) is 19.2 Å². The van der Waals surface area contributed by atoms with Gasteiger partial charge in [-0.15, -0.1) is 11.3 Å². The Morgan fingerprint density at radius 2 is 2.00 bits per heavy atom. The van der Waals surface area contributed by atoms with E-state index in [4.69, 9.17) is 9.47 Å². The summed E-state index contributed by atoms with van der Waals surface area (Å²) in [5, 5.41) is 12.1. The largest absolute Gasteiger partial charge is 0.484 e. The molecule has 0 saturated carbocycles. The molecule has 1 N–H and O–H groups in total. The first-order chi connectivity index (χ1) is 12.0. The summed E-state index contributed by atoms with van der Waals surface area (Å²) >= 11 is 0.977. The Labute approximate surface area is 147 Å². The molecule has 25 heavy (non-hydrogen) atoms. The number of nitrogens with zero attached hydrogens (tertiary/aromatic N) is 1. The summed E-state index contributed by atoms with van der Waals surface area (Å²) in [5.41, 5.74) is 0.670. The third-order valence-corrected chi connectivity index (χ3v) is 4.34. The minimum absolute atomic E-state index is 0.211. The SMILES string of the molecule is CCOC(=O)c1sc(NC(=O)COc2ccc(F)cc2)c(C#N)c1C. The third-order valence-electron chi connectivity index (χ3n) is 3.16. The van der Waals surface area contributed by atoms with Crippen LogP contribution in [0.15, 0.2) is 24.3 Å². The van der Waals surface area contributed by atoms with Crippen LogP contribution < -0.4 is 10.1 Å². The van der Waals surface area contributed by atoms with Crippen LogP contribution in [-0.2, 0) is 9.53 Å². The predicted molar refractivity (Wildman–Crippen MR) is 90.3 cm³/mol. The molecule has 0 unspecified atom stereocenters. The molecule has 0 radical (unpaired) electrons. The molecule has 1 aromatic carbocycles. The highest BCUT2D eigenvalue weighted by molar-refractivity contribution is 7.18. The van der Waals surface area contributed by atoms with E-state index in [2.05, 4.69) is 5.32 Å². The Morgan fingerprint density at radius 3 is 2.60 bits per heavy atom.